The highest BCUT2D eigenvalue weighted by atomic mass is 35.7. The van der Waals surface area contributed by atoms with Gasteiger partial charge in [-0.3, -0.25) is 4.79 Å². The Morgan fingerprint density at radius 3 is 2.76 bits per heavy atom. The maximum Gasteiger partial charge on any atom is 0.261 e. The molecule has 1 aromatic carbocycles. The van der Waals surface area contributed by atoms with Gasteiger partial charge in [0.2, 0.25) is 0 Å². The van der Waals surface area contributed by atoms with Crippen molar-refractivity contribution < 1.29 is 27.4 Å². The van der Waals surface area contributed by atoms with E-state index in [1.54, 1.807) is 0 Å². The highest BCUT2D eigenvalue weighted by Crippen LogP contribution is 2.37. The van der Waals surface area contributed by atoms with Crippen molar-refractivity contribution in [1.29, 1.82) is 0 Å². The van der Waals surface area contributed by atoms with Crippen molar-refractivity contribution in [3.8, 4) is 11.5 Å². The standard InChI is InChI=1S/C12H14ClNO6S/c1-18-3-2-14-12(15)9-6-8(21(13,16)17)7-10-11(9)20-5-4-19-10/h6-7H,2-5H2,1H3,(H,14,15). The van der Waals surface area contributed by atoms with Gasteiger partial charge in [0.15, 0.2) is 11.5 Å². The fraction of sp³-hybridized carbons (Fsp3) is 0.417. The van der Waals surface area contributed by atoms with Crippen molar-refractivity contribution in [1.82, 2.24) is 5.32 Å². The van der Waals surface area contributed by atoms with Crippen LogP contribution in [-0.2, 0) is 13.8 Å². The number of carbonyl (C=O) groups is 1. The molecule has 0 bridgehead atoms. The zero-order valence-corrected chi connectivity index (χ0v) is 12.8. The number of ether oxygens (including phenoxy) is 3. The molecule has 1 heterocycles. The van der Waals surface area contributed by atoms with Gasteiger partial charge in [-0.15, -0.1) is 0 Å². The molecule has 2 rings (SSSR count). The molecule has 0 aliphatic carbocycles. The number of hydrogen-bond donors (Lipinski definition) is 1. The first-order valence-corrected chi connectivity index (χ1v) is 8.40. The first-order valence-electron chi connectivity index (χ1n) is 6.09. The van der Waals surface area contributed by atoms with Gasteiger partial charge in [0.05, 0.1) is 17.1 Å². The first kappa shape index (κ1) is 15.9. The van der Waals surface area contributed by atoms with E-state index in [9.17, 15) is 13.2 Å². The molecular weight excluding hydrogens is 322 g/mol. The summed E-state index contributed by atoms with van der Waals surface area (Å²) in [6.07, 6.45) is 0. The number of rotatable bonds is 5. The summed E-state index contributed by atoms with van der Waals surface area (Å²) in [6.45, 7) is 1.16. The van der Waals surface area contributed by atoms with Crippen molar-refractivity contribution in [3.05, 3.63) is 17.7 Å². The van der Waals surface area contributed by atoms with Crippen molar-refractivity contribution in [2.75, 3.05) is 33.5 Å². The first-order chi connectivity index (χ1) is 9.93. The van der Waals surface area contributed by atoms with Gasteiger partial charge in [0.1, 0.15) is 13.2 Å². The molecule has 1 aliphatic heterocycles. The third-order valence-electron chi connectivity index (χ3n) is 2.73. The SMILES string of the molecule is COCCNC(=O)c1cc(S(=O)(=O)Cl)cc2c1OCCO2. The number of benzene rings is 1. The Balaban J connectivity index is 2.40. The van der Waals surface area contributed by atoms with Crippen LogP contribution in [0.15, 0.2) is 17.0 Å². The predicted octanol–water partition coefficient (Wildman–Crippen LogP) is 0.762. The zero-order valence-electron chi connectivity index (χ0n) is 11.2. The summed E-state index contributed by atoms with van der Waals surface area (Å²) in [5.74, 6) is -0.101. The quantitative estimate of drug-likeness (QED) is 0.631. The summed E-state index contributed by atoms with van der Waals surface area (Å²) >= 11 is 0. The molecule has 21 heavy (non-hydrogen) atoms. The van der Waals surface area contributed by atoms with E-state index in [2.05, 4.69) is 5.32 Å². The third kappa shape index (κ3) is 3.78. The summed E-state index contributed by atoms with van der Waals surface area (Å²) in [7, 11) is 2.85. The second-order valence-corrected chi connectivity index (χ2v) is 6.75. The maximum atomic E-state index is 12.1. The second-order valence-electron chi connectivity index (χ2n) is 4.18. The number of hydrogen-bond acceptors (Lipinski definition) is 6. The van der Waals surface area contributed by atoms with E-state index >= 15 is 0 Å². The molecule has 1 aromatic rings. The molecular formula is C12H14ClNO6S. The van der Waals surface area contributed by atoms with Crippen LogP contribution in [0.2, 0.25) is 0 Å². The number of methoxy groups -OCH3 is 1. The van der Waals surface area contributed by atoms with Gasteiger partial charge in [0, 0.05) is 30.4 Å². The Morgan fingerprint density at radius 1 is 1.38 bits per heavy atom. The summed E-state index contributed by atoms with van der Waals surface area (Å²) < 4.78 is 38.5. The smallest absolute Gasteiger partial charge is 0.261 e. The van der Waals surface area contributed by atoms with Crippen molar-refractivity contribution in [2.24, 2.45) is 0 Å². The molecule has 0 fully saturated rings. The number of amides is 1. The molecule has 1 amide bonds. The second kappa shape index (κ2) is 6.50. The third-order valence-corrected chi connectivity index (χ3v) is 4.07. The van der Waals surface area contributed by atoms with Crippen LogP contribution in [0, 0.1) is 0 Å². The van der Waals surface area contributed by atoms with Crippen LogP contribution in [0.3, 0.4) is 0 Å². The molecule has 0 atom stereocenters. The van der Waals surface area contributed by atoms with Crippen molar-refractivity contribution >= 4 is 25.6 Å². The van der Waals surface area contributed by atoms with Gasteiger partial charge < -0.3 is 19.5 Å². The van der Waals surface area contributed by atoms with Gasteiger partial charge in [-0.2, -0.15) is 0 Å². The molecule has 7 nitrogen and oxygen atoms in total. The Labute approximate surface area is 126 Å². The Kier molecular flexibility index (Phi) is 4.92. The summed E-state index contributed by atoms with van der Waals surface area (Å²) in [5.41, 5.74) is 0.0579. The van der Waals surface area contributed by atoms with Gasteiger partial charge in [-0.1, -0.05) is 0 Å². The summed E-state index contributed by atoms with van der Waals surface area (Å²) in [5, 5.41) is 2.59. The topological polar surface area (TPSA) is 90.9 Å². The number of halogens is 1. The predicted molar refractivity (Wildman–Crippen MR) is 74.7 cm³/mol. The van der Waals surface area contributed by atoms with Crippen molar-refractivity contribution in [2.45, 2.75) is 4.90 Å². The molecule has 1 N–H and O–H groups in total. The Morgan fingerprint density at radius 2 is 2.10 bits per heavy atom. The average Bonchev–Trinajstić information content (AvgIpc) is 2.45. The molecule has 0 saturated heterocycles. The van der Waals surface area contributed by atoms with Crippen LogP contribution in [-0.4, -0.2) is 47.8 Å². The molecule has 9 heteroatoms. The molecule has 116 valence electrons. The van der Waals surface area contributed by atoms with Crippen LogP contribution < -0.4 is 14.8 Å². The minimum absolute atomic E-state index is 0.0579. The van der Waals surface area contributed by atoms with Gasteiger partial charge in [-0.05, 0) is 6.07 Å². The molecule has 0 unspecified atom stereocenters. The van der Waals surface area contributed by atoms with Crippen molar-refractivity contribution in [3.63, 3.8) is 0 Å². The van der Waals surface area contributed by atoms with E-state index in [4.69, 9.17) is 24.9 Å². The largest absolute Gasteiger partial charge is 0.486 e. The molecule has 1 aliphatic rings. The van der Waals surface area contributed by atoms with Gasteiger partial charge in [0.25, 0.3) is 15.0 Å². The van der Waals surface area contributed by atoms with Gasteiger partial charge in [-0.25, -0.2) is 8.42 Å². The molecule has 0 radical (unpaired) electrons. The maximum absolute atomic E-state index is 12.1. The minimum Gasteiger partial charge on any atom is -0.486 e. The summed E-state index contributed by atoms with van der Waals surface area (Å²) in [4.78, 5) is 11.9. The number of fused-ring (bicyclic) bond motifs is 1. The highest BCUT2D eigenvalue weighted by molar-refractivity contribution is 8.13. The van der Waals surface area contributed by atoms with Crippen LogP contribution in [0.4, 0.5) is 0 Å². The lowest BCUT2D eigenvalue weighted by atomic mass is 10.1. The van der Waals surface area contributed by atoms with E-state index < -0.39 is 15.0 Å². The lowest BCUT2D eigenvalue weighted by molar-refractivity contribution is 0.0925. The van der Waals surface area contributed by atoms with E-state index in [1.165, 1.54) is 13.2 Å². The van der Waals surface area contributed by atoms with Gasteiger partial charge >= 0.3 is 0 Å². The van der Waals surface area contributed by atoms with Crippen LogP contribution >= 0.6 is 10.7 Å². The Bertz CT molecular complexity index is 645. The van der Waals surface area contributed by atoms with Crippen LogP contribution in [0.25, 0.3) is 0 Å². The van der Waals surface area contributed by atoms with E-state index in [-0.39, 0.29) is 41.7 Å². The van der Waals surface area contributed by atoms with E-state index in [1.807, 2.05) is 0 Å². The fourth-order valence-corrected chi connectivity index (χ4v) is 2.57. The van der Waals surface area contributed by atoms with E-state index in [0.717, 1.165) is 6.07 Å². The molecule has 0 aromatic heterocycles. The molecule has 0 spiro atoms. The average molecular weight is 336 g/mol. The van der Waals surface area contributed by atoms with E-state index in [0.29, 0.717) is 6.61 Å². The molecule has 0 saturated carbocycles. The summed E-state index contributed by atoms with van der Waals surface area (Å²) in [6, 6.07) is 2.40. The fourth-order valence-electron chi connectivity index (χ4n) is 1.80. The Hall–Kier alpha value is -1.51. The number of carbonyl (C=O) groups excluding carboxylic acids is 1. The lowest BCUT2D eigenvalue weighted by Gasteiger charge is -2.21. The zero-order chi connectivity index (χ0) is 15.5. The monoisotopic (exact) mass is 335 g/mol. The normalized spacial score (nSPS) is 13.8. The highest BCUT2D eigenvalue weighted by Gasteiger charge is 2.25. The van der Waals surface area contributed by atoms with Crippen LogP contribution in [0.5, 0.6) is 11.5 Å². The minimum atomic E-state index is -3.99. The van der Waals surface area contributed by atoms with Crippen LogP contribution in [0.1, 0.15) is 10.4 Å². The lowest BCUT2D eigenvalue weighted by Crippen LogP contribution is -2.28. The number of nitrogens with one attached hydrogen (secondary N) is 1.